The van der Waals surface area contributed by atoms with Gasteiger partial charge in [0, 0.05) is 41.2 Å². The van der Waals surface area contributed by atoms with Gasteiger partial charge in [0.2, 0.25) is 11.8 Å². The van der Waals surface area contributed by atoms with Gasteiger partial charge in [0.05, 0.1) is 10.6 Å². The van der Waals surface area contributed by atoms with Gasteiger partial charge in [0.1, 0.15) is 25.8 Å². The number of ether oxygens (including phenoxy) is 2. The van der Waals surface area contributed by atoms with E-state index in [2.05, 4.69) is 5.32 Å². The number of nitrogens with one attached hydrogen (secondary N) is 1. The molecule has 5 rings (SSSR count). The van der Waals surface area contributed by atoms with E-state index >= 15 is 0 Å². The summed E-state index contributed by atoms with van der Waals surface area (Å²) < 4.78 is 40.9. The molecule has 0 fully saturated rings. The minimum absolute atomic E-state index is 0.00784. The molecule has 0 spiro atoms. The van der Waals surface area contributed by atoms with Crippen molar-refractivity contribution in [3.05, 3.63) is 118 Å². The molecule has 1 N–H and O–H groups in total. The van der Waals surface area contributed by atoms with E-state index in [1.165, 1.54) is 23.1 Å². The molecule has 0 radical (unpaired) electrons. The van der Waals surface area contributed by atoms with Crippen LogP contribution in [0.2, 0.25) is 10.0 Å². The molecule has 48 heavy (non-hydrogen) atoms. The minimum atomic E-state index is -4.28. The van der Waals surface area contributed by atoms with Crippen LogP contribution in [-0.2, 0) is 32.6 Å². The van der Waals surface area contributed by atoms with Gasteiger partial charge < -0.3 is 19.7 Å². The smallest absolute Gasteiger partial charge is 0.264 e. The van der Waals surface area contributed by atoms with E-state index in [0.29, 0.717) is 46.9 Å². The summed E-state index contributed by atoms with van der Waals surface area (Å²) in [4.78, 5) is 30.0. The molecule has 0 unspecified atom stereocenters. The highest BCUT2D eigenvalue weighted by atomic mass is 35.5. The molecule has 2 amide bonds. The Morgan fingerprint density at radius 3 is 2.17 bits per heavy atom. The third-order valence-electron chi connectivity index (χ3n) is 7.91. The summed E-state index contributed by atoms with van der Waals surface area (Å²) in [5.41, 5.74) is 1.45. The van der Waals surface area contributed by atoms with Crippen LogP contribution in [0.15, 0.2) is 102 Å². The third kappa shape index (κ3) is 8.42. The molecule has 0 saturated heterocycles. The summed E-state index contributed by atoms with van der Waals surface area (Å²) in [5, 5.41) is 3.59. The first kappa shape index (κ1) is 35.1. The number of anilines is 1. The zero-order valence-electron chi connectivity index (χ0n) is 26.5. The zero-order valence-corrected chi connectivity index (χ0v) is 28.8. The van der Waals surface area contributed by atoms with E-state index in [1.807, 2.05) is 37.3 Å². The first-order valence-corrected chi connectivity index (χ1v) is 17.9. The number of carbonyl (C=O) groups is 2. The van der Waals surface area contributed by atoms with Crippen LogP contribution in [0.25, 0.3) is 0 Å². The van der Waals surface area contributed by atoms with Crippen LogP contribution in [0.4, 0.5) is 5.69 Å². The van der Waals surface area contributed by atoms with Gasteiger partial charge in [0.25, 0.3) is 10.0 Å². The average Bonchev–Trinajstić information content (AvgIpc) is 3.10. The highest BCUT2D eigenvalue weighted by Crippen LogP contribution is 2.36. The lowest BCUT2D eigenvalue weighted by atomic mass is 10.0. The Morgan fingerprint density at radius 2 is 1.50 bits per heavy atom. The van der Waals surface area contributed by atoms with Gasteiger partial charge in [-0.2, -0.15) is 0 Å². The van der Waals surface area contributed by atoms with Crippen LogP contribution in [0.1, 0.15) is 30.9 Å². The van der Waals surface area contributed by atoms with Crippen molar-refractivity contribution >= 4 is 50.7 Å². The van der Waals surface area contributed by atoms with Gasteiger partial charge in [-0.15, -0.1) is 0 Å². The van der Waals surface area contributed by atoms with E-state index in [9.17, 15) is 18.0 Å². The van der Waals surface area contributed by atoms with E-state index in [1.54, 1.807) is 48.5 Å². The summed E-state index contributed by atoms with van der Waals surface area (Å²) in [6.07, 6.45) is 1.78. The third-order valence-corrected chi connectivity index (χ3v) is 10.4. The molecule has 1 atom stereocenters. The molecule has 4 aromatic rings. The minimum Gasteiger partial charge on any atom is -0.486 e. The molecule has 0 bridgehead atoms. The van der Waals surface area contributed by atoms with Crippen molar-refractivity contribution in [3.8, 4) is 11.5 Å². The van der Waals surface area contributed by atoms with Crippen LogP contribution >= 0.6 is 23.2 Å². The van der Waals surface area contributed by atoms with Crippen LogP contribution in [0, 0.1) is 0 Å². The lowest BCUT2D eigenvalue weighted by molar-refractivity contribution is -0.140. The molecule has 0 saturated carbocycles. The van der Waals surface area contributed by atoms with Crippen molar-refractivity contribution in [1.29, 1.82) is 0 Å². The van der Waals surface area contributed by atoms with Gasteiger partial charge in [-0.05, 0) is 48.4 Å². The monoisotopic (exact) mass is 709 g/mol. The lowest BCUT2D eigenvalue weighted by Crippen LogP contribution is -2.53. The predicted molar refractivity (Wildman–Crippen MR) is 187 cm³/mol. The molecule has 0 aliphatic carbocycles. The molecule has 9 nitrogen and oxygen atoms in total. The number of sulfonamides is 1. The summed E-state index contributed by atoms with van der Waals surface area (Å²) in [5.74, 6) is -0.181. The lowest BCUT2D eigenvalue weighted by Gasteiger charge is -2.34. The summed E-state index contributed by atoms with van der Waals surface area (Å²) >= 11 is 13.2. The fraction of sp³-hybridized carbons (Fsp3) is 0.278. The summed E-state index contributed by atoms with van der Waals surface area (Å²) in [7, 11) is -4.28. The van der Waals surface area contributed by atoms with Crippen molar-refractivity contribution < 1.29 is 27.5 Å². The maximum atomic E-state index is 14.7. The summed E-state index contributed by atoms with van der Waals surface area (Å²) in [6.45, 7) is 2.31. The normalized spacial score (nSPS) is 13.0. The van der Waals surface area contributed by atoms with Gasteiger partial charge >= 0.3 is 0 Å². The van der Waals surface area contributed by atoms with Crippen molar-refractivity contribution in [2.45, 2.75) is 43.7 Å². The number of amides is 2. The molecule has 0 aromatic heterocycles. The first-order valence-electron chi connectivity index (χ1n) is 15.7. The number of halogens is 2. The van der Waals surface area contributed by atoms with E-state index in [0.717, 1.165) is 22.7 Å². The van der Waals surface area contributed by atoms with Gasteiger partial charge in [-0.25, -0.2) is 8.42 Å². The molecule has 12 heteroatoms. The van der Waals surface area contributed by atoms with Crippen molar-refractivity contribution in [2.24, 2.45) is 0 Å². The number of hydrogen-bond donors (Lipinski definition) is 1. The maximum absolute atomic E-state index is 14.7. The van der Waals surface area contributed by atoms with Crippen molar-refractivity contribution in [1.82, 2.24) is 10.2 Å². The Morgan fingerprint density at radius 1 is 0.854 bits per heavy atom. The number of carbonyl (C=O) groups excluding carboxylic acids is 2. The molecule has 1 aliphatic heterocycles. The van der Waals surface area contributed by atoms with Crippen LogP contribution in [0.3, 0.4) is 0 Å². The molecule has 252 valence electrons. The Labute approximate surface area is 291 Å². The van der Waals surface area contributed by atoms with Crippen LogP contribution in [0.5, 0.6) is 11.5 Å². The number of fused-ring (bicyclic) bond motifs is 1. The molecular formula is C36H37Cl2N3O6S. The Balaban J connectivity index is 1.60. The highest BCUT2D eigenvalue weighted by Gasteiger charge is 2.35. The highest BCUT2D eigenvalue weighted by molar-refractivity contribution is 7.92. The van der Waals surface area contributed by atoms with E-state index in [4.69, 9.17) is 32.7 Å². The fourth-order valence-electron chi connectivity index (χ4n) is 5.35. The fourth-order valence-corrected chi connectivity index (χ4v) is 7.29. The molecule has 4 aromatic carbocycles. The molecule has 1 aliphatic rings. The number of rotatable bonds is 14. The van der Waals surface area contributed by atoms with Gasteiger partial charge in [-0.3, -0.25) is 13.9 Å². The molecule has 1 heterocycles. The Kier molecular flexibility index (Phi) is 11.9. The Bertz CT molecular complexity index is 1810. The topological polar surface area (TPSA) is 105 Å². The standard InChI is InChI=1S/C36H37Cl2N3O6S/c1-2-3-19-39-36(43)32(22-26-11-6-4-7-12-26)40(24-29-30(37)15-10-16-31(29)38)35(42)25-41(48(44,45)28-13-8-5-9-14-28)27-17-18-33-34(23-27)47-21-20-46-33/h4-18,23,32H,2-3,19-22,24-25H2,1H3,(H,39,43)/t32-/m1/s1. The summed E-state index contributed by atoms with van der Waals surface area (Å²) in [6, 6.07) is 25.9. The van der Waals surface area contributed by atoms with Crippen molar-refractivity contribution in [3.63, 3.8) is 0 Å². The predicted octanol–water partition coefficient (Wildman–Crippen LogP) is 6.52. The van der Waals surface area contributed by atoms with Crippen LogP contribution < -0.4 is 19.1 Å². The molecular weight excluding hydrogens is 673 g/mol. The van der Waals surface area contributed by atoms with Gasteiger partial charge in [-0.1, -0.05) is 91.1 Å². The van der Waals surface area contributed by atoms with Crippen LogP contribution in [-0.4, -0.2) is 57.5 Å². The van der Waals surface area contributed by atoms with E-state index < -0.39 is 28.5 Å². The Hall–Kier alpha value is -4.25. The number of unbranched alkanes of at least 4 members (excludes halogenated alkanes) is 1. The second-order valence-corrected chi connectivity index (χ2v) is 13.9. The SMILES string of the molecule is CCCCNC(=O)[C@@H](Cc1ccccc1)N(Cc1c(Cl)cccc1Cl)C(=O)CN(c1ccc2c(c1)OCCO2)S(=O)(=O)c1ccccc1. The van der Waals surface area contributed by atoms with Crippen molar-refractivity contribution in [2.75, 3.05) is 30.6 Å². The van der Waals surface area contributed by atoms with Gasteiger partial charge in [0.15, 0.2) is 11.5 Å². The number of nitrogens with zero attached hydrogens (tertiary/aromatic N) is 2. The number of hydrogen-bond acceptors (Lipinski definition) is 6. The number of benzene rings is 4. The second-order valence-electron chi connectivity index (χ2n) is 11.2. The maximum Gasteiger partial charge on any atom is 0.264 e. The largest absolute Gasteiger partial charge is 0.486 e. The second kappa shape index (κ2) is 16.2. The first-order chi connectivity index (χ1) is 23.2. The average molecular weight is 711 g/mol. The zero-order chi connectivity index (χ0) is 34.1. The quantitative estimate of drug-likeness (QED) is 0.150. The van der Waals surface area contributed by atoms with E-state index in [-0.39, 0.29) is 29.5 Å².